The summed E-state index contributed by atoms with van der Waals surface area (Å²) in [6.07, 6.45) is 0. The molecule has 2 aliphatic heterocycles. The largest absolute Gasteiger partial charge is 0.311 e. The van der Waals surface area contributed by atoms with E-state index in [0.717, 1.165) is 39.8 Å². The highest BCUT2D eigenvalue weighted by atomic mass is 15.2. The van der Waals surface area contributed by atoms with Gasteiger partial charge in [-0.05, 0) is 134 Å². The van der Waals surface area contributed by atoms with Crippen LogP contribution >= 0.6 is 0 Å². The Bertz CT molecular complexity index is 3400. The molecule has 10 aromatic rings. The van der Waals surface area contributed by atoms with Crippen molar-refractivity contribution in [2.24, 2.45) is 0 Å². The Kier molecular flexibility index (Phi) is 9.74. The van der Waals surface area contributed by atoms with Gasteiger partial charge >= 0.3 is 0 Å². The van der Waals surface area contributed by atoms with Gasteiger partial charge in [0.1, 0.15) is 0 Å². The van der Waals surface area contributed by atoms with Crippen LogP contribution < -0.4 is 31.1 Å². The Balaban J connectivity index is 1.12. The first-order chi connectivity index (χ1) is 33.0. The molecule has 328 valence electrons. The molecule has 2 heterocycles. The first-order valence-corrected chi connectivity index (χ1v) is 24.0. The molecule has 2 aliphatic rings. The van der Waals surface area contributed by atoms with Crippen molar-refractivity contribution >= 4 is 95.8 Å². The maximum Gasteiger partial charge on any atom is 0.248 e. The maximum atomic E-state index is 2.50. The molecule has 68 heavy (non-hydrogen) atoms. The van der Waals surface area contributed by atoms with Crippen molar-refractivity contribution < 1.29 is 0 Å². The summed E-state index contributed by atoms with van der Waals surface area (Å²) >= 11 is 0. The van der Waals surface area contributed by atoms with Gasteiger partial charge in [-0.25, -0.2) is 0 Å². The van der Waals surface area contributed by atoms with Crippen LogP contribution in [0.25, 0.3) is 32.7 Å². The zero-order valence-electron chi connectivity index (χ0n) is 39.7. The molecule has 0 amide bonds. The highest BCUT2D eigenvalue weighted by Gasteiger charge is 2.43. The van der Waals surface area contributed by atoms with Crippen molar-refractivity contribution in [2.75, 3.05) is 14.7 Å². The number of fused-ring (bicyclic) bond motifs is 7. The number of para-hydroxylation sites is 2. The SMILES string of the molecule is CC(C)(C)c1ccc(N(c2ccc(C(C)(C)C)cc2)c2cc3c4c(c2)N(c2ccccc2)c2ccccc2B4c2cc(N(c4cccc5ccccc45)c4cccc5ccccc45)ccc2-3)cc1. The average Bonchev–Trinajstić information content (AvgIpc) is 3.68. The van der Waals surface area contributed by atoms with E-state index in [2.05, 4.69) is 275 Å². The van der Waals surface area contributed by atoms with Crippen molar-refractivity contribution in [3.63, 3.8) is 0 Å². The van der Waals surface area contributed by atoms with E-state index in [-0.39, 0.29) is 17.5 Å². The topological polar surface area (TPSA) is 9.72 Å². The van der Waals surface area contributed by atoms with Crippen molar-refractivity contribution in [3.05, 3.63) is 230 Å². The van der Waals surface area contributed by atoms with E-state index in [1.54, 1.807) is 0 Å². The summed E-state index contributed by atoms with van der Waals surface area (Å²) in [6.45, 7) is 13.7. The molecule has 3 nitrogen and oxygen atoms in total. The lowest BCUT2D eigenvalue weighted by Gasteiger charge is -2.37. The Morgan fingerprint density at radius 3 is 1.47 bits per heavy atom. The second kappa shape index (κ2) is 15.9. The minimum Gasteiger partial charge on any atom is -0.311 e. The molecule has 0 saturated carbocycles. The quantitative estimate of drug-likeness (QED) is 0.148. The van der Waals surface area contributed by atoms with Gasteiger partial charge in [0.25, 0.3) is 0 Å². The summed E-state index contributed by atoms with van der Waals surface area (Å²) in [6, 6.07) is 81.5. The summed E-state index contributed by atoms with van der Waals surface area (Å²) in [5, 5.41) is 4.86. The smallest absolute Gasteiger partial charge is 0.248 e. The van der Waals surface area contributed by atoms with E-state index in [1.807, 2.05) is 0 Å². The zero-order valence-corrected chi connectivity index (χ0v) is 39.7. The molecule has 0 unspecified atom stereocenters. The molecule has 12 rings (SSSR count). The van der Waals surface area contributed by atoms with E-state index in [4.69, 9.17) is 0 Å². The van der Waals surface area contributed by atoms with E-state index < -0.39 is 0 Å². The summed E-state index contributed by atoms with van der Waals surface area (Å²) < 4.78 is 0. The Morgan fingerprint density at radius 2 is 0.882 bits per heavy atom. The maximum absolute atomic E-state index is 2.50. The fourth-order valence-electron chi connectivity index (χ4n) is 10.9. The molecule has 0 atom stereocenters. The Morgan fingerprint density at radius 1 is 0.368 bits per heavy atom. The van der Waals surface area contributed by atoms with Crippen LogP contribution in [0.15, 0.2) is 218 Å². The minimum atomic E-state index is 0.0210. The number of anilines is 9. The third-order valence-electron chi connectivity index (χ3n) is 14.3. The van der Waals surface area contributed by atoms with Crippen LogP contribution in [-0.4, -0.2) is 6.71 Å². The lowest BCUT2D eigenvalue weighted by molar-refractivity contribution is 0.590. The third-order valence-corrected chi connectivity index (χ3v) is 14.3. The van der Waals surface area contributed by atoms with Gasteiger partial charge in [0, 0.05) is 50.6 Å². The van der Waals surface area contributed by atoms with Crippen LogP contribution in [-0.2, 0) is 10.8 Å². The molecule has 10 aromatic carbocycles. The van der Waals surface area contributed by atoms with Crippen molar-refractivity contribution in [2.45, 2.75) is 52.4 Å². The molecule has 0 radical (unpaired) electrons. The molecule has 0 aromatic heterocycles. The second-order valence-electron chi connectivity index (χ2n) is 20.6. The fourth-order valence-corrected chi connectivity index (χ4v) is 10.9. The monoisotopic (exact) mass is 875 g/mol. The zero-order chi connectivity index (χ0) is 46.3. The van der Waals surface area contributed by atoms with Gasteiger partial charge in [-0.2, -0.15) is 0 Å². The molecule has 0 aliphatic carbocycles. The summed E-state index contributed by atoms with van der Waals surface area (Å²) in [5.74, 6) is 0. The van der Waals surface area contributed by atoms with Crippen molar-refractivity contribution in [3.8, 4) is 11.1 Å². The number of hydrogen-bond donors (Lipinski definition) is 0. The standard InChI is InChI=1S/C64H54BN3/c1-63(2,3)45-30-34-48(35-31-45)66(49-36-32-46(33-37-49)64(4,5)6)51-40-55-54-39-38-50(41-57(54)65-56-26-14-15-27-60(56)67(61(42-51)62(55)65)47-22-8-7-9-23-47)68(58-28-16-20-43-18-10-12-24-52(43)58)59-29-17-21-44-19-11-13-25-53(44)59/h7-42H,1-6H3. The van der Waals surface area contributed by atoms with E-state index >= 15 is 0 Å². The van der Waals surface area contributed by atoms with E-state index in [0.29, 0.717) is 0 Å². The fraction of sp³-hybridized carbons (Fsp3) is 0.125. The summed E-state index contributed by atoms with van der Waals surface area (Å²) in [7, 11) is 0. The van der Waals surface area contributed by atoms with Crippen LogP contribution in [0, 0.1) is 0 Å². The van der Waals surface area contributed by atoms with Gasteiger partial charge in [0.2, 0.25) is 6.71 Å². The average molecular weight is 876 g/mol. The Hall–Kier alpha value is -7.82. The van der Waals surface area contributed by atoms with Crippen LogP contribution in [0.4, 0.5) is 51.2 Å². The van der Waals surface area contributed by atoms with Gasteiger partial charge in [-0.3, -0.25) is 0 Å². The first kappa shape index (κ1) is 41.6. The summed E-state index contributed by atoms with van der Waals surface area (Å²) in [5.41, 5.74) is 19.6. The molecule has 0 bridgehead atoms. The van der Waals surface area contributed by atoms with E-state index in [9.17, 15) is 0 Å². The van der Waals surface area contributed by atoms with Gasteiger partial charge in [0.05, 0.1) is 11.4 Å². The van der Waals surface area contributed by atoms with Gasteiger partial charge in [-0.1, -0.05) is 187 Å². The number of nitrogens with zero attached hydrogens (tertiary/aromatic N) is 3. The van der Waals surface area contributed by atoms with Crippen LogP contribution in [0.5, 0.6) is 0 Å². The molecular formula is C64H54BN3. The Labute approximate surface area is 401 Å². The number of hydrogen-bond acceptors (Lipinski definition) is 3. The summed E-state index contributed by atoms with van der Waals surface area (Å²) in [4.78, 5) is 7.46. The van der Waals surface area contributed by atoms with Gasteiger partial charge < -0.3 is 14.7 Å². The molecule has 0 N–H and O–H groups in total. The number of rotatable bonds is 7. The predicted molar refractivity (Wildman–Crippen MR) is 293 cm³/mol. The van der Waals surface area contributed by atoms with Crippen LogP contribution in [0.3, 0.4) is 0 Å². The highest BCUT2D eigenvalue weighted by Crippen LogP contribution is 2.48. The molecule has 0 saturated heterocycles. The number of benzene rings is 10. The highest BCUT2D eigenvalue weighted by molar-refractivity contribution is 7.01. The minimum absolute atomic E-state index is 0.0210. The predicted octanol–water partition coefficient (Wildman–Crippen LogP) is 15.8. The lowest BCUT2D eigenvalue weighted by Crippen LogP contribution is -2.54. The normalized spacial score (nSPS) is 12.8. The lowest BCUT2D eigenvalue weighted by atomic mass is 9.37. The molecule has 0 spiro atoms. The molecule has 0 fully saturated rings. The molecule has 4 heteroatoms. The van der Waals surface area contributed by atoms with Crippen molar-refractivity contribution in [1.29, 1.82) is 0 Å². The van der Waals surface area contributed by atoms with Crippen LogP contribution in [0.1, 0.15) is 52.7 Å². The van der Waals surface area contributed by atoms with E-state index in [1.165, 1.54) is 71.6 Å². The molecular weight excluding hydrogens is 822 g/mol. The van der Waals surface area contributed by atoms with Gasteiger partial charge in [-0.15, -0.1) is 0 Å². The third kappa shape index (κ3) is 6.89. The first-order valence-electron chi connectivity index (χ1n) is 24.0. The van der Waals surface area contributed by atoms with Crippen LogP contribution in [0.2, 0.25) is 0 Å². The van der Waals surface area contributed by atoms with Crippen molar-refractivity contribution in [1.82, 2.24) is 0 Å². The van der Waals surface area contributed by atoms with Gasteiger partial charge in [0.15, 0.2) is 0 Å². The second-order valence-corrected chi connectivity index (χ2v) is 20.6.